The molecule has 1 saturated heterocycles. The van der Waals surface area contributed by atoms with E-state index in [4.69, 9.17) is 9.26 Å². The first-order valence-corrected chi connectivity index (χ1v) is 8.35. The summed E-state index contributed by atoms with van der Waals surface area (Å²) in [6, 6.07) is 9.21. The van der Waals surface area contributed by atoms with Crippen LogP contribution in [-0.2, 0) is 4.74 Å². The van der Waals surface area contributed by atoms with Gasteiger partial charge < -0.3 is 19.3 Å². The molecular formula is C18H22N2O4. The largest absolute Gasteiger partial charge is 0.477 e. The minimum Gasteiger partial charge on any atom is -0.477 e. The summed E-state index contributed by atoms with van der Waals surface area (Å²) in [5, 5.41) is 13.7. The Kier molecular flexibility index (Phi) is 5.15. The number of ether oxygens (including phenoxy) is 1. The molecule has 1 aliphatic rings. The second-order valence-corrected chi connectivity index (χ2v) is 5.96. The van der Waals surface area contributed by atoms with Gasteiger partial charge in [-0.1, -0.05) is 42.4 Å². The molecule has 6 nitrogen and oxygen atoms in total. The molecule has 0 bridgehead atoms. The topological polar surface area (TPSA) is 75.8 Å². The molecule has 1 N–H and O–H groups in total. The van der Waals surface area contributed by atoms with Crippen molar-refractivity contribution in [2.75, 3.05) is 24.6 Å². The predicted octanol–water partition coefficient (Wildman–Crippen LogP) is 3.44. The third-order valence-electron chi connectivity index (χ3n) is 4.16. The Bertz CT molecular complexity index is 684. The highest BCUT2D eigenvalue weighted by Gasteiger charge is 2.30. The summed E-state index contributed by atoms with van der Waals surface area (Å²) in [6.07, 6.45) is 3.01. The van der Waals surface area contributed by atoms with Crippen LogP contribution in [0.2, 0.25) is 0 Å². The maximum Gasteiger partial charge on any atom is 0.343 e. The molecule has 2 aromatic rings. The van der Waals surface area contributed by atoms with E-state index in [1.807, 2.05) is 35.2 Å². The Morgan fingerprint density at radius 3 is 2.92 bits per heavy atom. The number of rotatable bonds is 6. The second kappa shape index (κ2) is 7.49. The fourth-order valence-electron chi connectivity index (χ4n) is 3.03. The number of anilines is 1. The lowest BCUT2D eigenvalue weighted by molar-refractivity contribution is 0.0436. The van der Waals surface area contributed by atoms with Gasteiger partial charge in [-0.15, -0.1) is 0 Å². The normalized spacial score (nSPS) is 17.9. The van der Waals surface area contributed by atoms with Crippen molar-refractivity contribution in [3.63, 3.8) is 0 Å². The number of nitrogens with zero attached hydrogens (tertiary/aromatic N) is 2. The molecule has 0 radical (unpaired) electrons. The van der Waals surface area contributed by atoms with E-state index in [1.165, 1.54) is 0 Å². The molecule has 1 unspecified atom stereocenters. The number of hydrogen-bond acceptors (Lipinski definition) is 5. The molecule has 24 heavy (non-hydrogen) atoms. The van der Waals surface area contributed by atoms with Gasteiger partial charge in [0.25, 0.3) is 0 Å². The lowest BCUT2D eigenvalue weighted by Crippen LogP contribution is -2.40. The van der Waals surface area contributed by atoms with Crippen LogP contribution in [0.5, 0.6) is 0 Å². The molecule has 1 fully saturated rings. The highest BCUT2D eigenvalue weighted by Crippen LogP contribution is 2.32. The lowest BCUT2D eigenvalue weighted by atomic mass is 10.1. The average molecular weight is 330 g/mol. The highest BCUT2D eigenvalue weighted by molar-refractivity contribution is 5.99. The van der Waals surface area contributed by atoms with Crippen molar-refractivity contribution in [3.8, 4) is 11.3 Å². The number of carboxylic acids is 1. The number of carbonyl (C=O) groups is 1. The molecule has 1 aromatic heterocycles. The quantitative estimate of drug-likeness (QED) is 0.874. The Morgan fingerprint density at radius 2 is 2.21 bits per heavy atom. The Morgan fingerprint density at radius 1 is 1.42 bits per heavy atom. The fourth-order valence-corrected chi connectivity index (χ4v) is 3.03. The third-order valence-corrected chi connectivity index (χ3v) is 4.16. The van der Waals surface area contributed by atoms with Gasteiger partial charge >= 0.3 is 5.97 Å². The van der Waals surface area contributed by atoms with Crippen molar-refractivity contribution < 1.29 is 19.2 Å². The minimum atomic E-state index is -1.03. The standard InChI is InChI=1S/C18H22N2O4/c1-2-11-23-14-9-6-10-20(12-14)17-15(18(21)22)16(24-19-17)13-7-4-3-5-8-13/h3-5,7-8,14H,2,6,9-12H2,1H3,(H,21,22). The van der Waals surface area contributed by atoms with Crippen molar-refractivity contribution >= 4 is 11.8 Å². The van der Waals surface area contributed by atoms with Gasteiger partial charge in [-0.3, -0.25) is 0 Å². The van der Waals surface area contributed by atoms with E-state index in [2.05, 4.69) is 12.1 Å². The third kappa shape index (κ3) is 3.43. The van der Waals surface area contributed by atoms with Gasteiger partial charge in [-0.25, -0.2) is 4.79 Å². The maximum absolute atomic E-state index is 11.8. The molecule has 1 aliphatic heterocycles. The zero-order valence-corrected chi connectivity index (χ0v) is 13.8. The number of piperidine rings is 1. The van der Waals surface area contributed by atoms with E-state index in [0.29, 0.717) is 23.7 Å². The molecule has 0 spiro atoms. The summed E-state index contributed by atoms with van der Waals surface area (Å²) >= 11 is 0. The number of hydrogen-bond donors (Lipinski definition) is 1. The summed E-state index contributed by atoms with van der Waals surface area (Å²) in [7, 11) is 0. The van der Waals surface area contributed by atoms with E-state index in [9.17, 15) is 9.90 Å². The summed E-state index contributed by atoms with van der Waals surface area (Å²) < 4.78 is 11.2. The zero-order valence-electron chi connectivity index (χ0n) is 13.8. The van der Waals surface area contributed by atoms with Crippen LogP contribution in [0.15, 0.2) is 34.9 Å². The van der Waals surface area contributed by atoms with E-state index in [-0.39, 0.29) is 11.7 Å². The molecule has 0 amide bonds. The van der Waals surface area contributed by atoms with Crippen molar-refractivity contribution in [3.05, 3.63) is 35.9 Å². The average Bonchev–Trinajstić information content (AvgIpc) is 3.06. The summed E-state index contributed by atoms with van der Waals surface area (Å²) in [4.78, 5) is 13.8. The molecule has 6 heteroatoms. The van der Waals surface area contributed by atoms with Crippen LogP contribution in [0, 0.1) is 0 Å². The van der Waals surface area contributed by atoms with Crippen molar-refractivity contribution in [1.82, 2.24) is 5.16 Å². The number of benzene rings is 1. The summed E-state index contributed by atoms with van der Waals surface area (Å²) in [5.41, 5.74) is 0.835. The van der Waals surface area contributed by atoms with Crippen molar-refractivity contribution in [2.24, 2.45) is 0 Å². The number of aromatic nitrogens is 1. The molecule has 128 valence electrons. The van der Waals surface area contributed by atoms with Gasteiger partial charge in [0, 0.05) is 25.3 Å². The van der Waals surface area contributed by atoms with Crippen molar-refractivity contribution in [2.45, 2.75) is 32.3 Å². The van der Waals surface area contributed by atoms with Crippen LogP contribution >= 0.6 is 0 Å². The van der Waals surface area contributed by atoms with Crippen LogP contribution < -0.4 is 4.90 Å². The summed E-state index contributed by atoms with van der Waals surface area (Å²) in [6.45, 7) is 4.19. The maximum atomic E-state index is 11.8. The molecule has 1 atom stereocenters. The Balaban J connectivity index is 1.88. The summed E-state index contributed by atoms with van der Waals surface area (Å²) in [5.74, 6) is -0.331. The first-order chi connectivity index (χ1) is 11.7. The monoisotopic (exact) mass is 330 g/mol. The second-order valence-electron chi connectivity index (χ2n) is 5.96. The number of carboxylic acid groups (broad SMARTS) is 1. The minimum absolute atomic E-state index is 0.109. The molecule has 0 saturated carbocycles. The zero-order chi connectivity index (χ0) is 16.9. The van der Waals surface area contributed by atoms with E-state index >= 15 is 0 Å². The Hall–Kier alpha value is -2.34. The first-order valence-electron chi connectivity index (χ1n) is 8.35. The van der Waals surface area contributed by atoms with E-state index < -0.39 is 5.97 Å². The lowest BCUT2D eigenvalue weighted by Gasteiger charge is -2.32. The SMILES string of the molecule is CCCOC1CCCN(c2noc(-c3ccccc3)c2C(=O)O)C1. The van der Waals surface area contributed by atoms with Crippen LogP contribution in [0.4, 0.5) is 5.82 Å². The predicted molar refractivity (Wildman–Crippen MR) is 90.4 cm³/mol. The molecule has 2 heterocycles. The van der Waals surface area contributed by atoms with Crippen LogP contribution in [-0.4, -0.2) is 42.0 Å². The van der Waals surface area contributed by atoms with Gasteiger partial charge in [0.15, 0.2) is 17.1 Å². The number of aromatic carboxylic acids is 1. The van der Waals surface area contributed by atoms with Crippen LogP contribution in [0.3, 0.4) is 0 Å². The molecule has 1 aromatic carbocycles. The van der Waals surface area contributed by atoms with Crippen LogP contribution in [0.1, 0.15) is 36.5 Å². The first kappa shape index (κ1) is 16.5. The van der Waals surface area contributed by atoms with Gasteiger partial charge in [-0.05, 0) is 19.3 Å². The smallest absolute Gasteiger partial charge is 0.343 e. The van der Waals surface area contributed by atoms with E-state index in [0.717, 1.165) is 32.4 Å². The van der Waals surface area contributed by atoms with Gasteiger partial charge in [-0.2, -0.15) is 0 Å². The Labute approximate surface area is 141 Å². The fraction of sp³-hybridized carbons (Fsp3) is 0.444. The molecule has 3 rings (SSSR count). The van der Waals surface area contributed by atoms with Crippen molar-refractivity contribution in [1.29, 1.82) is 0 Å². The van der Waals surface area contributed by atoms with Gasteiger partial charge in [0.05, 0.1) is 6.10 Å². The highest BCUT2D eigenvalue weighted by atomic mass is 16.5. The van der Waals surface area contributed by atoms with E-state index in [1.54, 1.807) is 0 Å². The molecule has 0 aliphatic carbocycles. The molecular weight excluding hydrogens is 308 g/mol. The van der Waals surface area contributed by atoms with Gasteiger partial charge in [0.1, 0.15) is 0 Å². The van der Waals surface area contributed by atoms with Gasteiger partial charge in [0.2, 0.25) is 0 Å². The van der Waals surface area contributed by atoms with Crippen LogP contribution in [0.25, 0.3) is 11.3 Å².